The first-order valence-corrected chi connectivity index (χ1v) is 4.75. The normalized spacial score (nSPS) is 10.9. The van der Waals surface area contributed by atoms with Crippen molar-refractivity contribution in [2.45, 2.75) is 6.54 Å². The number of aromatic nitrogens is 3. The molecule has 68 valence electrons. The van der Waals surface area contributed by atoms with E-state index in [0.29, 0.717) is 11.0 Å². The fraction of sp³-hybridized carbons (Fsp3) is 0.250. The van der Waals surface area contributed by atoms with Crippen LogP contribution in [0.5, 0.6) is 0 Å². The Morgan fingerprint density at radius 1 is 1.38 bits per heavy atom. The third-order valence-electron chi connectivity index (χ3n) is 1.83. The van der Waals surface area contributed by atoms with Crippen molar-refractivity contribution in [3.63, 3.8) is 0 Å². The van der Waals surface area contributed by atoms with Gasteiger partial charge in [-0.2, -0.15) is 0 Å². The second kappa shape index (κ2) is 3.52. The van der Waals surface area contributed by atoms with Gasteiger partial charge in [-0.25, -0.2) is 9.97 Å². The Morgan fingerprint density at radius 2 is 2.23 bits per heavy atom. The largest absolute Gasteiger partial charge is 0.342 e. The predicted molar refractivity (Wildman–Crippen MR) is 53.3 cm³/mol. The summed E-state index contributed by atoms with van der Waals surface area (Å²) >= 11 is 11.6. The molecule has 0 spiro atoms. The van der Waals surface area contributed by atoms with Gasteiger partial charge < -0.3 is 4.57 Å². The van der Waals surface area contributed by atoms with E-state index >= 15 is 0 Å². The van der Waals surface area contributed by atoms with Gasteiger partial charge >= 0.3 is 0 Å². The summed E-state index contributed by atoms with van der Waals surface area (Å²) in [5, 5.41) is 0.472. The van der Waals surface area contributed by atoms with Crippen LogP contribution in [0, 0.1) is 0 Å². The van der Waals surface area contributed by atoms with Crippen molar-refractivity contribution < 1.29 is 0 Å². The van der Waals surface area contributed by atoms with Crippen LogP contribution in [0.1, 0.15) is 0 Å². The minimum Gasteiger partial charge on any atom is -0.342 e. The SMILES string of the molecule is ClCCn1ccc2ncnc(Cl)c21. The van der Waals surface area contributed by atoms with Crippen molar-refractivity contribution in [1.82, 2.24) is 14.5 Å². The molecular formula is C8H7Cl2N3. The van der Waals surface area contributed by atoms with Crippen LogP contribution < -0.4 is 0 Å². The summed E-state index contributed by atoms with van der Waals surface area (Å²) in [5.74, 6) is 0.551. The number of halogens is 2. The van der Waals surface area contributed by atoms with Gasteiger partial charge in [0.2, 0.25) is 0 Å². The van der Waals surface area contributed by atoms with Gasteiger partial charge in [0.15, 0.2) is 5.15 Å². The zero-order chi connectivity index (χ0) is 9.26. The highest BCUT2D eigenvalue weighted by Crippen LogP contribution is 2.19. The molecule has 2 aromatic rings. The Hall–Kier alpha value is -0.800. The van der Waals surface area contributed by atoms with Crippen LogP contribution in [0.2, 0.25) is 5.15 Å². The van der Waals surface area contributed by atoms with E-state index in [2.05, 4.69) is 9.97 Å². The predicted octanol–water partition coefficient (Wildman–Crippen LogP) is 2.32. The Kier molecular flexibility index (Phi) is 2.38. The maximum absolute atomic E-state index is 5.92. The molecule has 13 heavy (non-hydrogen) atoms. The molecule has 0 amide bonds. The van der Waals surface area contributed by atoms with Gasteiger partial charge in [0, 0.05) is 18.6 Å². The number of hydrogen-bond acceptors (Lipinski definition) is 2. The fourth-order valence-electron chi connectivity index (χ4n) is 1.27. The second-order valence-electron chi connectivity index (χ2n) is 2.60. The number of alkyl halides is 1. The molecule has 0 aromatic carbocycles. The highest BCUT2D eigenvalue weighted by atomic mass is 35.5. The molecule has 0 aliphatic carbocycles. The second-order valence-corrected chi connectivity index (χ2v) is 3.33. The van der Waals surface area contributed by atoms with Gasteiger partial charge in [0.25, 0.3) is 0 Å². The maximum atomic E-state index is 5.92. The number of nitrogens with zero attached hydrogens (tertiary/aromatic N) is 3. The molecule has 2 heterocycles. The van der Waals surface area contributed by atoms with Crippen molar-refractivity contribution in [3.05, 3.63) is 23.7 Å². The summed E-state index contributed by atoms with van der Waals surface area (Å²) < 4.78 is 1.95. The molecule has 3 nitrogen and oxygen atoms in total. The quantitative estimate of drug-likeness (QED) is 0.569. The highest BCUT2D eigenvalue weighted by molar-refractivity contribution is 6.33. The lowest BCUT2D eigenvalue weighted by Crippen LogP contribution is -1.97. The molecule has 0 aliphatic heterocycles. The Bertz CT molecular complexity index is 424. The fourth-order valence-corrected chi connectivity index (χ4v) is 1.70. The van der Waals surface area contributed by atoms with Crippen molar-refractivity contribution in [1.29, 1.82) is 0 Å². The third-order valence-corrected chi connectivity index (χ3v) is 2.28. The van der Waals surface area contributed by atoms with E-state index in [9.17, 15) is 0 Å². The van der Waals surface area contributed by atoms with Gasteiger partial charge in [-0.1, -0.05) is 11.6 Å². The smallest absolute Gasteiger partial charge is 0.156 e. The van der Waals surface area contributed by atoms with Crippen molar-refractivity contribution in [2.75, 3.05) is 5.88 Å². The first-order chi connectivity index (χ1) is 6.33. The van der Waals surface area contributed by atoms with Gasteiger partial charge in [0.05, 0.1) is 5.52 Å². The highest BCUT2D eigenvalue weighted by Gasteiger charge is 2.05. The van der Waals surface area contributed by atoms with Gasteiger partial charge in [-0.05, 0) is 6.07 Å². The van der Waals surface area contributed by atoms with E-state index in [1.165, 1.54) is 6.33 Å². The zero-order valence-corrected chi connectivity index (χ0v) is 8.26. The topological polar surface area (TPSA) is 30.7 Å². The number of rotatable bonds is 2. The van der Waals surface area contributed by atoms with E-state index in [1.54, 1.807) is 0 Å². The van der Waals surface area contributed by atoms with E-state index in [0.717, 1.165) is 17.6 Å². The number of fused-ring (bicyclic) bond motifs is 1. The number of aryl methyl sites for hydroxylation is 1. The lowest BCUT2D eigenvalue weighted by Gasteiger charge is -2.01. The third kappa shape index (κ3) is 1.49. The molecule has 0 N–H and O–H groups in total. The van der Waals surface area contributed by atoms with Crippen LogP contribution in [0.25, 0.3) is 11.0 Å². The molecule has 0 fully saturated rings. The summed E-state index contributed by atoms with van der Waals surface area (Å²) in [6.45, 7) is 0.720. The van der Waals surface area contributed by atoms with Gasteiger partial charge in [-0.15, -0.1) is 11.6 Å². The van der Waals surface area contributed by atoms with Crippen LogP contribution in [0.3, 0.4) is 0 Å². The average molecular weight is 216 g/mol. The molecule has 0 bridgehead atoms. The van der Waals surface area contributed by atoms with Crippen molar-refractivity contribution >= 4 is 34.2 Å². The first kappa shape index (κ1) is 8.78. The first-order valence-electron chi connectivity index (χ1n) is 3.84. The minimum atomic E-state index is 0.472. The molecule has 5 heteroatoms. The average Bonchev–Trinajstić information content (AvgIpc) is 2.51. The molecular weight excluding hydrogens is 209 g/mol. The Morgan fingerprint density at radius 3 is 3.00 bits per heavy atom. The van der Waals surface area contributed by atoms with Crippen molar-refractivity contribution in [2.24, 2.45) is 0 Å². The lowest BCUT2D eigenvalue weighted by molar-refractivity contribution is 0.801. The Balaban J connectivity index is 2.64. The molecule has 0 saturated carbocycles. The summed E-state index contributed by atoms with van der Waals surface area (Å²) in [6.07, 6.45) is 3.36. The van der Waals surface area contributed by atoms with Gasteiger partial charge in [-0.3, -0.25) is 0 Å². The monoisotopic (exact) mass is 215 g/mol. The van der Waals surface area contributed by atoms with E-state index < -0.39 is 0 Å². The lowest BCUT2D eigenvalue weighted by atomic mass is 10.4. The van der Waals surface area contributed by atoms with Crippen LogP contribution in [0.4, 0.5) is 0 Å². The summed E-state index contributed by atoms with van der Waals surface area (Å²) in [7, 11) is 0. The maximum Gasteiger partial charge on any atom is 0.156 e. The minimum absolute atomic E-state index is 0.472. The molecule has 0 atom stereocenters. The summed E-state index contributed by atoms with van der Waals surface area (Å²) in [4.78, 5) is 8.00. The van der Waals surface area contributed by atoms with Gasteiger partial charge in [0.1, 0.15) is 11.8 Å². The van der Waals surface area contributed by atoms with Crippen LogP contribution >= 0.6 is 23.2 Å². The molecule has 2 rings (SSSR count). The van der Waals surface area contributed by atoms with E-state index in [-0.39, 0.29) is 0 Å². The van der Waals surface area contributed by atoms with Crippen LogP contribution in [-0.4, -0.2) is 20.4 Å². The molecule has 0 aliphatic rings. The molecule has 2 aromatic heterocycles. The molecule has 0 radical (unpaired) electrons. The summed E-state index contributed by atoms with van der Waals surface area (Å²) in [6, 6.07) is 1.90. The number of hydrogen-bond donors (Lipinski definition) is 0. The standard InChI is InChI=1S/C8H7Cl2N3/c9-2-4-13-3-1-6-7(13)8(10)12-5-11-6/h1,3,5H,2,4H2. The zero-order valence-electron chi connectivity index (χ0n) is 6.74. The van der Waals surface area contributed by atoms with Crippen molar-refractivity contribution in [3.8, 4) is 0 Å². The Labute approximate surface area is 85.3 Å². The molecule has 0 unspecified atom stereocenters. The molecule has 0 saturated heterocycles. The van der Waals surface area contributed by atoms with E-state index in [1.807, 2.05) is 16.8 Å². The van der Waals surface area contributed by atoms with Crippen LogP contribution in [0.15, 0.2) is 18.6 Å². The van der Waals surface area contributed by atoms with Crippen LogP contribution in [-0.2, 0) is 6.54 Å². The van der Waals surface area contributed by atoms with E-state index in [4.69, 9.17) is 23.2 Å². The summed E-state index contributed by atoms with van der Waals surface area (Å²) in [5.41, 5.74) is 1.70.